The summed E-state index contributed by atoms with van der Waals surface area (Å²) in [6.07, 6.45) is -0.464. The van der Waals surface area contributed by atoms with Crippen molar-refractivity contribution in [2.24, 2.45) is 46.6 Å². The van der Waals surface area contributed by atoms with Crippen LogP contribution in [0, 0.1) is 13.8 Å². The van der Waals surface area contributed by atoms with Gasteiger partial charge in [-0.25, -0.2) is 4.98 Å². The second-order valence-corrected chi connectivity index (χ2v) is 29.9. The molecule has 0 radical (unpaired) electrons. The Bertz CT molecular complexity index is 4940. The molecule has 0 aliphatic carbocycles. The average molecular weight is 1460 g/mol. The van der Waals surface area contributed by atoms with E-state index in [9.17, 15) is 84.3 Å². The number of aromatic hydroxyl groups is 1. The van der Waals surface area contributed by atoms with Crippen LogP contribution >= 0.6 is 35.1 Å². The van der Waals surface area contributed by atoms with Gasteiger partial charge in [-0.3, -0.25) is 41.5 Å². The SMILES string of the molecule is COc1cc2nc3c(C(N)=O)c(C)c(N=Nc4cc(C)c(N=Nc5cc(NC(C)=O)c(N=Nc6cc(NC(C)=O)c(N=Nc7ccc(Cl)c(S(=O)(=O)O)c7)cc6SCCCS(=O)(=O)O)cc5SCCCS(=O)(=O)O)cc4OCCCS(=O)(=O)O)c(O)n3c2cc1S(=O)(=O)O. The largest absolute Gasteiger partial charge is 0.495 e. The normalized spacial score (nSPS) is 12.7. The number of anilines is 2. The second kappa shape index (κ2) is 30.0. The minimum absolute atomic E-state index is 0.00116. The number of fused-ring (bicyclic) bond motifs is 3. The number of azo groups is 4. The van der Waals surface area contributed by atoms with Crippen LogP contribution in [0.25, 0.3) is 16.7 Å². The lowest BCUT2D eigenvalue weighted by molar-refractivity contribution is -0.115. The third-order valence-electron chi connectivity index (χ3n) is 12.6. The van der Waals surface area contributed by atoms with E-state index in [4.69, 9.17) is 26.8 Å². The van der Waals surface area contributed by atoms with Gasteiger partial charge in [-0.2, -0.15) is 52.3 Å². The number of thioether (sulfide) groups is 2. The van der Waals surface area contributed by atoms with E-state index in [1.54, 1.807) is 6.92 Å². The van der Waals surface area contributed by atoms with Crippen molar-refractivity contribution >= 4 is 177 Å². The van der Waals surface area contributed by atoms with Gasteiger partial charge in [0, 0.05) is 35.8 Å². The highest BCUT2D eigenvalue weighted by atomic mass is 35.5. The molecule has 42 heteroatoms. The molecule has 5 aromatic carbocycles. The van der Waals surface area contributed by atoms with Crippen LogP contribution in [0.5, 0.6) is 17.4 Å². The van der Waals surface area contributed by atoms with Crippen LogP contribution in [0.1, 0.15) is 54.6 Å². The van der Waals surface area contributed by atoms with Crippen molar-refractivity contribution in [3.63, 3.8) is 0 Å². The number of ether oxygens (including phenoxy) is 2. The van der Waals surface area contributed by atoms with Crippen LogP contribution in [0.3, 0.4) is 0 Å². The van der Waals surface area contributed by atoms with Crippen molar-refractivity contribution in [2.75, 3.05) is 53.1 Å². The molecule has 0 unspecified atom stereocenters. The highest BCUT2D eigenvalue weighted by Crippen LogP contribution is 2.46. The topological polar surface area (TPSA) is 528 Å². The number of halogens is 1. The predicted molar refractivity (Wildman–Crippen MR) is 345 cm³/mol. The molecule has 7 aromatic rings. The smallest absolute Gasteiger partial charge is 0.298 e. The van der Waals surface area contributed by atoms with E-state index < -0.39 is 107 Å². The number of nitrogens with two attached hydrogens (primary N) is 1. The number of pyridine rings is 1. The fraction of sp³-hybridized carbons (Fsp3) is 0.269. The number of nitrogens with zero attached hydrogens (tertiary/aromatic N) is 10. The van der Waals surface area contributed by atoms with Crippen molar-refractivity contribution in [1.29, 1.82) is 0 Å². The Labute approximate surface area is 548 Å². The van der Waals surface area contributed by atoms with Crippen LogP contribution in [0.15, 0.2) is 127 Å². The number of nitrogens with one attached hydrogen (secondary N) is 2. The van der Waals surface area contributed by atoms with E-state index in [0.29, 0.717) is 0 Å². The zero-order valence-corrected chi connectivity index (χ0v) is 55.8. The van der Waals surface area contributed by atoms with Gasteiger partial charge in [0.05, 0.1) is 75.3 Å². The second-order valence-electron chi connectivity index (χ2n) is 19.8. The molecular formula is C52H54ClN13O21S7. The molecule has 0 bridgehead atoms. The molecule has 0 aliphatic rings. The van der Waals surface area contributed by atoms with Gasteiger partial charge < -0.3 is 30.9 Å². The third kappa shape index (κ3) is 19.7. The lowest BCUT2D eigenvalue weighted by atomic mass is 10.1. The molecule has 0 saturated heterocycles. The summed E-state index contributed by atoms with van der Waals surface area (Å²) in [6.45, 7) is 4.85. The number of hydrogen-bond donors (Lipinski definition) is 9. The van der Waals surface area contributed by atoms with Gasteiger partial charge in [-0.05, 0) is 110 Å². The number of aryl methyl sites for hydroxylation is 1. The van der Waals surface area contributed by atoms with Crippen LogP contribution < -0.4 is 25.8 Å². The van der Waals surface area contributed by atoms with Crippen molar-refractivity contribution in [2.45, 2.75) is 66.5 Å². The lowest BCUT2D eigenvalue weighted by Crippen LogP contribution is -2.15. The molecule has 34 nitrogen and oxygen atoms in total. The fourth-order valence-electron chi connectivity index (χ4n) is 8.47. The number of benzene rings is 5. The van der Waals surface area contributed by atoms with Crippen molar-refractivity contribution in [3.8, 4) is 17.4 Å². The van der Waals surface area contributed by atoms with E-state index in [1.165, 1.54) is 63.2 Å². The number of carbonyl (C=O) groups is 3. The Kier molecular flexibility index (Phi) is 23.4. The monoisotopic (exact) mass is 1460 g/mol. The molecule has 7 rings (SSSR count). The van der Waals surface area contributed by atoms with Gasteiger partial charge in [0.2, 0.25) is 17.7 Å². The van der Waals surface area contributed by atoms with E-state index >= 15 is 0 Å². The summed E-state index contributed by atoms with van der Waals surface area (Å²) in [4.78, 5) is 41.8. The molecule has 0 spiro atoms. The number of hydrogen-bond acceptors (Lipinski definition) is 27. The van der Waals surface area contributed by atoms with Crippen LogP contribution in [0.4, 0.5) is 56.9 Å². The summed E-state index contributed by atoms with van der Waals surface area (Å²) in [7, 11) is -21.9. The van der Waals surface area contributed by atoms with E-state index in [0.717, 1.165) is 59.3 Å². The highest BCUT2D eigenvalue weighted by molar-refractivity contribution is 7.99. The Morgan fingerprint density at radius 2 is 1.11 bits per heavy atom. The number of aromatic nitrogens is 2. The van der Waals surface area contributed by atoms with Gasteiger partial charge in [0.25, 0.3) is 56.5 Å². The maximum Gasteiger partial charge on any atom is 0.298 e. The van der Waals surface area contributed by atoms with Crippen LogP contribution in [-0.2, 0) is 60.2 Å². The predicted octanol–water partition coefficient (Wildman–Crippen LogP) is 11.0. The van der Waals surface area contributed by atoms with Gasteiger partial charge in [-0.1, -0.05) is 11.6 Å². The molecule has 502 valence electrons. The van der Waals surface area contributed by atoms with E-state index in [1.807, 2.05) is 0 Å². The number of methoxy groups -OCH3 is 1. The number of amides is 3. The molecule has 2 aromatic heterocycles. The minimum atomic E-state index is -4.94. The first-order valence-electron chi connectivity index (χ1n) is 26.6. The number of imidazole rings is 1. The quantitative estimate of drug-likeness (QED) is 0.00910. The number of primary amides is 1. The molecule has 0 fully saturated rings. The molecule has 0 saturated carbocycles. The van der Waals surface area contributed by atoms with E-state index in [2.05, 4.69) is 56.5 Å². The summed E-state index contributed by atoms with van der Waals surface area (Å²) in [6, 6.07) is 13.5. The zero-order valence-electron chi connectivity index (χ0n) is 49.3. The average Bonchev–Trinajstić information content (AvgIpc) is 1.55. The van der Waals surface area contributed by atoms with Gasteiger partial charge in [-0.15, -0.1) is 54.2 Å². The molecule has 3 amide bonds. The molecule has 0 aliphatic heterocycles. The van der Waals surface area contributed by atoms with Crippen molar-refractivity contribution in [1.82, 2.24) is 9.38 Å². The van der Waals surface area contributed by atoms with Crippen molar-refractivity contribution < 1.29 is 93.8 Å². The van der Waals surface area contributed by atoms with Crippen LogP contribution in [0.2, 0.25) is 5.02 Å². The molecular weight excluding hydrogens is 1400 g/mol. The molecule has 0 atom stereocenters. The Morgan fingerprint density at radius 3 is 1.61 bits per heavy atom. The summed E-state index contributed by atoms with van der Waals surface area (Å²) < 4.78 is 179. The highest BCUT2D eigenvalue weighted by Gasteiger charge is 2.28. The first-order chi connectivity index (χ1) is 43.8. The van der Waals surface area contributed by atoms with Gasteiger partial charge in [0.1, 0.15) is 55.4 Å². The Balaban J connectivity index is 1.35. The summed E-state index contributed by atoms with van der Waals surface area (Å²) in [5.41, 5.74) is 4.49. The number of rotatable bonds is 29. The lowest BCUT2D eigenvalue weighted by Gasteiger charge is -2.13. The molecule has 94 heavy (non-hydrogen) atoms. The maximum absolute atomic E-state index is 13.0. The standard InChI is InChI=1S/C52H54ClN13O21S7/c1-26-17-38(62-65-49-27(2)48(50(54)69)51-57-37-22-43(86-5)47(94(83,84)85)25-41(37)66(51)52(49)70)42(87-11-6-14-90(71,72)73)21-32(26)59-63-39-20-34(56-29(4)68)36(24-45(39)89-13-8-16-92(77,78)79)61-64-40-19-33(55-28(3)67)35(23-44(40)88-12-7-15-91(74,75)76)60-58-30-9-10-31(53)46(18-30)93(80,81)82/h9-10,17-25,70H,6-8,11-16H2,1-5H3,(H2,54,69)(H,55,67)(H,56,68)(H,71,72,73)(H,74,75,76)(H,77,78,79)(H,80,81,82)(H,83,84,85). The molecule has 10 N–H and O–H groups in total. The maximum atomic E-state index is 13.0. The zero-order chi connectivity index (χ0) is 69.4. The molecule has 2 heterocycles. The fourth-order valence-corrected chi connectivity index (χ4v) is 13.9. The minimum Gasteiger partial charge on any atom is -0.495 e. The van der Waals surface area contributed by atoms with Gasteiger partial charge >= 0.3 is 0 Å². The first kappa shape index (κ1) is 73.2. The summed E-state index contributed by atoms with van der Waals surface area (Å²) in [5.74, 6) is -5.54. The van der Waals surface area contributed by atoms with Crippen LogP contribution in [-0.4, -0.2) is 140 Å². The Hall–Kier alpha value is -8.20. The van der Waals surface area contributed by atoms with Gasteiger partial charge in [0.15, 0.2) is 5.65 Å². The number of carbonyl (C=O) groups excluding carboxylic acids is 3. The third-order valence-corrected chi connectivity index (χ3v) is 19.4. The van der Waals surface area contributed by atoms with E-state index in [-0.39, 0.29) is 148 Å². The first-order valence-corrected chi connectivity index (χ1v) is 36.6. The van der Waals surface area contributed by atoms with Crippen molar-refractivity contribution in [3.05, 3.63) is 88.4 Å². The summed E-state index contributed by atoms with van der Waals surface area (Å²) >= 11 is 7.97. The summed E-state index contributed by atoms with van der Waals surface area (Å²) in [5, 5.41) is 51.2. The Morgan fingerprint density at radius 1 is 0.606 bits per heavy atom.